The van der Waals surface area contributed by atoms with Crippen LogP contribution in [0.5, 0.6) is 0 Å². The molecule has 0 aliphatic rings. The van der Waals surface area contributed by atoms with E-state index in [1.165, 1.54) is 5.56 Å². The largest absolute Gasteiger partial charge is 0.289 e. The summed E-state index contributed by atoms with van der Waals surface area (Å²) in [5.41, 5.74) is 3.72. The zero-order valence-electron chi connectivity index (χ0n) is 14.7. The van der Waals surface area contributed by atoms with Crippen molar-refractivity contribution in [1.82, 2.24) is 9.78 Å². The highest BCUT2D eigenvalue weighted by Crippen LogP contribution is 2.28. The molecule has 0 N–H and O–H groups in total. The molecule has 0 aliphatic heterocycles. The summed E-state index contributed by atoms with van der Waals surface area (Å²) in [6.45, 7) is 0.694. The molecule has 0 saturated heterocycles. The number of ketones is 1. The lowest BCUT2D eigenvalue weighted by Gasteiger charge is -2.00. The van der Waals surface area contributed by atoms with Crippen LogP contribution >= 0.6 is 11.3 Å². The molecule has 2 aromatic carbocycles. The van der Waals surface area contributed by atoms with Crippen LogP contribution in [0.4, 0.5) is 0 Å². The van der Waals surface area contributed by atoms with Crippen molar-refractivity contribution < 1.29 is 4.79 Å². The highest BCUT2D eigenvalue weighted by Gasteiger charge is 2.11. The van der Waals surface area contributed by atoms with E-state index < -0.39 is 0 Å². The molecule has 4 heteroatoms. The molecule has 0 spiro atoms. The van der Waals surface area contributed by atoms with Crippen molar-refractivity contribution in [3.8, 4) is 10.6 Å². The van der Waals surface area contributed by atoms with Gasteiger partial charge in [-0.25, -0.2) is 0 Å². The number of allylic oxidation sites excluding steroid dienone is 1. The number of rotatable bonds is 6. The third-order valence-corrected chi connectivity index (χ3v) is 5.08. The zero-order valence-corrected chi connectivity index (χ0v) is 15.5. The van der Waals surface area contributed by atoms with Crippen LogP contribution in [0.15, 0.2) is 90.4 Å². The number of hydrogen-bond donors (Lipinski definition) is 0. The summed E-state index contributed by atoms with van der Waals surface area (Å²) in [6.07, 6.45) is 5.48. The molecule has 3 nitrogen and oxygen atoms in total. The molecule has 0 unspecified atom stereocenters. The second-order valence-corrected chi connectivity index (χ2v) is 7.10. The van der Waals surface area contributed by atoms with E-state index in [-0.39, 0.29) is 5.78 Å². The minimum absolute atomic E-state index is 0.0106. The van der Waals surface area contributed by atoms with E-state index in [4.69, 9.17) is 5.10 Å². The van der Waals surface area contributed by atoms with Crippen LogP contribution in [0, 0.1) is 0 Å². The van der Waals surface area contributed by atoms with E-state index in [9.17, 15) is 4.79 Å². The first-order valence-corrected chi connectivity index (χ1v) is 9.60. The van der Waals surface area contributed by atoms with Crippen LogP contribution < -0.4 is 0 Å². The second-order valence-electron chi connectivity index (χ2n) is 6.16. The summed E-state index contributed by atoms with van der Waals surface area (Å²) < 4.78 is 1.93. The number of carbonyl (C=O) groups is 1. The van der Waals surface area contributed by atoms with Crippen molar-refractivity contribution in [3.05, 3.63) is 107 Å². The number of hydrogen-bond acceptors (Lipinski definition) is 3. The third-order valence-electron chi connectivity index (χ3n) is 4.20. The molecular formula is C23H18N2OS. The number of carbonyl (C=O) groups excluding carboxylic acids is 1. The normalized spacial score (nSPS) is 11.1. The van der Waals surface area contributed by atoms with Gasteiger partial charge < -0.3 is 0 Å². The maximum atomic E-state index is 12.4. The molecule has 0 atom stereocenters. The van der Waals surface area contributed by atoms with Crippen LogP contribution in [0.3, 0.4) is 0 Å². The van der Waals surface area contributed by atoms with Gasteiger partial charge in [-0.15, -0.1) is 11.3 Å². The molecule has 0 radical (unpaired) electrons. The minimum atomic E-state index is -0.0106. The van der Waals surface area contributed by atoms with Crippen molar-refractivity contribution in [1.29, 1.82) is 0 Å². The van der Waals surface area contributed by atoms with Gasteiger partial charge in [0.15, 0.2) is 5.78 Å². The Balaban J connectivity index is 1.64. The maximum absolute atomic E-state index is 12.4. The Morgan fingerprint density at radius 3 is 2.41 bits per heavy atom. The van der Waals surface area contributed by atoms with Gasteiger partial charge >= 0.3 is 0 Å². The van der Waals surface area contributed by atoms with Gasteiger partial charge in [0.05, 0.1) is 11.4 Å². The Morgan fingerprint density at radius 2 is 1.70 bits per heavy atom. The molecule has 0 bridgehead atoms. The Hall–Kier alpha value is -3.24. The summed E-state index contributed by atoms with van der Waals surface area (Å²) in [4.78, 5) is 13.5. The first-order chi connectivity index (χ1) is 13.3. The van der Waals surface area contributed by atoms with Crippen LogP contribution in [0.25, 0.3) is 16.6 Å². The van der Waals surface area contributed by atoms with E-state index >= 15 is 0 Å². The predicted octanol–water partition coefficient (Wildman–Crippen LogP) is 5.56. The SMILES string of the molecule is O=C(/C=C/c1cn(Cc2ccccc2)nc1-c1cccs1)c1ccccc1. The smallest absolute Gasteiger partial charge is 0.185 e. The van der Waals surface area contributed by atoms with Crippen molar-refractivity contribution in [2.75, 3.05) is 0 Å². The van der Waals surface area contributed by atoms with E-state index in [2.05, 4.69) is 18.2 Å². The fourth-order valence-corrected chi connectivity index (χ4v) is 3.61. The highest BCUT2D eigenvalue weighted by atomic mass is 32.1. The fourth-order valence-electron chi connectivity index (χ4n) is 2.88. The van der Waals surface area contributed by atoms with Gasteiger partial charge in [0.2, 0.25) is 0 Å². The van der Waals surface area contributed by atoms with Crippen LogP contribution in [-0.2, 0) is 6.54 Å². The summed E-state index contributed by atoms with van der Waals surface area (Å²) in [5, 5.41) is 6.80. The third kappa shape index (κ3) is 4.13. The standard InChI is InChI=1S/C23H18N2OS/c26-21(19-10-5-2-6-11-19)14-13-20-17-25(16-18-8-3-1-4-9-18)24-23(20)22-12-7-15-27-22/h1-15,17H,16H2/b14-13+. The van der Waals surface area contributed by atoms with Crippen LogP contribution in [0.1, 0.15) is 21.5 Å². The fraction of sp³-hybridized carbons (Fsp3) is 0.0435. The highest BCUT2D eigenvalue weighted by molar-refractivity contribution is 7.13. The van der Waals surface area contributed by atoms with E-state index in [0.717, 1.165) is 16.1 Å². The Morgan fingerprint density at radius 1 is 0.963 bits per heavy atom. The molecule has 4 aromatic rings. The molecule has 4 rings (SSSR count). The molecule has 2 aromatic heterocycles. The lowest BCUT2D eigenvalue weighted by molar-refractivity contribution is 0.104. The number of aromatic nitrogens is 2. The zero-order chi connectivity index (χ0) is 18.5. The maximum Gasteiger partial charge on any atom is 0.185 e. The first-order valence-electron chi connectivity index (χ1n) is 8.72. The Bertz CT molecular complexity index is 1050. The summed E-state index contributed by atoms with van der Waals surface area (Å²) in [7, 11) is 0. The number of benzene rings is 2. The van der Waals surface area contributed by atoms with Gasteiger partial charge in [-0.3, -0.25) is 9.48 Å². The lowest BCUT2D eigenvalue weighted by atomic mass is 10.1. The number of thiophene rings is 1. The molecule has 132 valence electrons. The van der Waals surface area contributed by atoms with Crippen LogP contribution in [-0.4, -0.2) is 15.6 Å². The molecule has 0 fully saturated rings. The molecule has 0 saturated carbocycles. The lowest BCUT2D eigenvalue weighted by Crippen LogP contribution is -1.99. The summed E-state index contributed by atoms with van der Waals surface area (Å²) in [6, 6.07) is 23.6. The molecule has 0 amide bonds. The minimum Gasteiger partial charge on any atom is -0.289 e. The Labute approximate surface area is 162 Å². The van der Waals surface area contributed by atoms with Gasteiger partial charge in [0, 0.05) is 17.3 Å². The van der Waals surface area contributed by atoms with Crippen molar-refractivity contribution in [2.24, 2.45) is 0 Å². The molecule has 0 aliphatic carbocycles. The van der Waals surface area contributed by atoms with Crippen molar-refractivity contribution in [2.45, 2.75) is 6.54 Å². The first kappa shape index (κ1) is 17.2. The van der Waals surface area contributed by atoms with Crippen molar-refractivity contribution >= 4 is 23.2 Å². The van der Waals surface area contributed by atoms with Gasteiger partial charge in [-0.05, 0) is 29.2 Å². The molecule has 27 heavy (non-hydrogen) atoms. The molecule has 2 heterocycles. The predicted molar refractivity (Wildman–Crippen MR) is 111 cm³/mol. The monoisotopic (exact) mass is 370 g/mol. The van der Waals surface area contributed by atoms with E-state index in [0.29, 0.717) is 12.1 Å². The van der Waals surface area contributed by atoms with Gasteiger partial charge in [-0.1, -0.05) is 66.7 Å². The number of nitrogens with zero attached hydrogens (tertiary/aromatic N) is 2. The topological polar surface area (TPSA) is 34.9 Å². The summed E-state index contributed by atoms with van der Waals surface area (Å²) in [5.74, 6) is -0.0106. The van der Waals surface area contributed by atoms with Gasteiger partial charge in [-0.2, -0.15) is 5.10 Å². The Kier molecular flexibility index (Phi) is 5.08. The van der Waals surface area contributed by atoms with Crippen molar-refractivity contribution in [3.63, 3.8) is 0 Å². The summed E-state index contributed by atoms with van der Waals surface area (Å²) >= 11 is 1.65. The van der Waals surface area contributed by atoms with Gasteiger partial charge in [0.1, 0.15) is 5.69 Å². The average molecular weight is 370 g/mol. The average Bonchev–Trinajstić information content (AvgIpc) is 3.37. The quantitative estimate of drug-likeness (QED) is 0.329. The van der Waals surface area contributed by atoms with Crippen LogP contribution in [0.2, 0.25) is 0 Å². The molecular weight excluding hydrogens is 352 g/mol. The van der Waals surface area contributed by atoms with Gasteiger partial charge in [0.25, 0.3) is 0 Å². The van der Waals surface area contributed by atoms with E-state index in [1.807, 2.05) is 76.9 Å². The van der Waals surface area contributed by atoms with E-state index in [1.54, 1.807) is 17.4 Å². The second kappa shape index (κ2) is 7.98.